The minimum atomic E-state index is -0.476. The molecule has 0 bridgehead atoms. The molecule has 0 aromatic carbocycles. The van der Waals surface area contributed by atoms with Crippen LogP contribution >= 0.6 is 0 Å². The molecule has 10 nitrogen and oxygen atoms in total. The highest BCUT2D eigenvalue weighted by Gasteiger charge is 1.96. The molecule has 0 saturated heterocycles. The van der Waals surface area contributed by atoms with E-state index in [1.807, 2.05) is 0 Å². The van der Waals surface area contributed by atoms with Crippen LogP contribution in [0.3, 0.4) is 0 Å². The highest BCUT2D eigenvalue weighted by molar-refractivity contribution is 5.81. The van der Waals surface area contributed by atoms with Crippen LogP contribution in [-0.2, 0) is 47.4 Å². The van der Waals surface area contributed by atoms with Gasteiger partial charge in [0.1, 0.15) is 13.3 Å². The normalized spacial score (nSPS) is 11.0. The average Bonchev–Trinajstić information content (AvgIpc) is 2.81. The van der Waals surface area contributed by atoms with E-state index >= 15 is 0 Å². The lowest BCUT2D eigenvalue weighted by Gasteiger charge is -2.08. The van der Waals surface area contributed by atoms with Crippen LogP contribution in [0.1, 0.15) is 0 Å². The minimum absolute atomic E-state index is 0.111. The molecule has 0 amide bonds. The van der Waals surface area contributed by atoms with Crippen molar-refractivity contribution < 1.29 is 51.8 Å². The Morgan fingerprint density at radius 2 is 0.750 bits per heavy atom. The SMILES string of the molecule is C=CC(=O)OCCOCCOCCOCCOCCOCCOCCOCCOCCF. The van der Waals surface area contributed by atoms with E-state index in [4.69, 9.17) is 42.6 Å². The van der Waals surface area contributed by atoms with E-state index in [1.165, 1.54) is 0 Å². The second kappa shape index (κ2) is 27.9. The Hall–Kier alpha value is -1.18. The summed E-state index contributed by atoms with van der Waals surface area (Å²) in [6, 6.07) is 0. The molecular weight excluding hydrogens is 431 g/mol. The molecule has 0 rings (SSSR count). The van der Waals surface area contributed by atoms with E-state index in [1.54, 1.807) is 0 Å². The maximum absolute atomic E-state index is 11.8. The number of hydrogen-bond acceptors (Lipinski definition) is 10. The lowest BCUT2D eigenvalue weighted by Crippen LogP contribution is -2.15. The lowest BCUT2D eigenvalue weighted by molar-refractivity contribution is -0.139. The number of ether oxygens (including phenoxy) is 9. The summed E-state index contributed by atoms with van der Waals surface area (Å²) in [6.45, 7) is 9.94. The number of carbonyl (C=O) groups excluding carboxylic acids is 1. The summed E-state index contributed by atoms with van der Waals surface area (Å²) in [5.41, 5.74) is 0. The first kappa shape index (κ1) is 30.8. The Balaban J connectivity index is 3.02. The molecule has 32 heavy (non-hydrogen) atoms. The molecule has 0 saturated carbocycles. The van der Waals surface area contributed by atoms with Gasteiger partial charge in [-0.1, -0.05) is 6.58 Å². The molecule has 0 aliphatic carbocycles. The van der Waals surface area contributed by atoms with Crippen LogP contribution in [-0.4, -0.2) is 125 Å². The molecule has 0 fully saturated rings. The van der Waals surface area contributed by atoms with Gasteiger partial charge in [-0.3, -0.25) is 0 Å². The van der Waals surface area contributed by atoms with Crippen molar-refractivity contribution in [2.75, 3.05) is 119 Å². The second-order valence-electron chi connectivity index (χ2n) is 5.96. The largest absolute Gasteiger partial charge is 0.460 e. The highest BCUT2D eigenvalue weighted by Crippen LogP contribution is 1.86. The maximum atomic E-state index is 11.8. The summed E-state index contributed by atoms with van der Waals surface area (Å²) in [6.07, 6.45) is 1.11. The van der Waals surface area contributed by atoms with E-state index in [0.717, 1.165) is 6.08 Å². The van der Waals surface area contributed by atoms with Gasteiger partial charge in [0, 0.05) is 6.08 Å². The standard InChI is InChI=1S/C21H39FO10/c1-2-21(23)32-20-19-31-18-17-30-16-15-29-14-13-28-12-11-27-10-9-26-8-7-25-6-5-24-4-3-22/h2H,1,3-20H2. The number of carbonyl (C=O) groups is 1. The van der Waals surface area contributed by atoms with Crippen LogP contribution in [0.4, 0.5) is 4.39 Å². The Morgan fingerprint density at radius 3 is 1.00 bits per heavy atom. The molecule has 0 unspecified atom stereocenters. The highest BCUT2D eigenvalue weighted by atomic mass is 19.1. The predicted molar refractivity (Wildman–Crippen MR) is 114 cm³/mol. The van der Waals surface area contributed by atoms with Crippen molar-refractivity contribution in [3.05, 3.63) is 12.7 Å². The minimum Gasteiger partial charge on any atom is -0.460 e. The van der Waals surface area contributed by atoms with Gasteiger partial charge in [0.25, 0.3) is 0 Å². The molecule has 0 aliphatic rings. The van der Waals surface area contributed by atoms with Crippen molar-refractivity contribution in [3.63, 3.8) is 0 Å². The van der Waals surface area contributed by atoms with Crippen LogP contribution in [0.2, 0.25) is 0 Å². The average molecular weight is 471 g/mol. The monoisotopic (exact) mass is 470 g/mol. The van der Waals surface area contributed by atoms with Crippen molar-refractivity contribution in [1.29, 1.82) is 0 Å². The number of hydrogen-bond donors (Lipinski definition) is 0. The summed E-state index contributed by atoms with van der Waals surface area (Å²) in [4.78, 5) is 10.8. The number of esters is 1. The molecule has 0 aliphatic heterocycles. The van der Waals surface area contributed by atoms with Gasteiger partial charge in [0.15, 0.2) is 0 Å². The Bertz CT molecular complexity index is 401. The molecular formula is C21H39FO10. The van der Waals surface area contributed by atoms with Gasteiger partial charge >= 0.3 is 5.97 Å². The van der Waals surface area contributed by atoms with Gasteiger partial charge in [-0.2, -0.15) is 0 Å². The van der Waals surface area contributed by atoms with Crippen molar-refractivity contribution in [3.8, 4) is 0 Å². The maximum Gasteiger partial charge on any atom is 0.330 e. The first-order chi connectivity index (χ1) is 15.8. The summed E-state index contributed by atoms with van der Waals surface area (Å²) < 4.78 is 58.8. The Kier molecular flexibility index (Phi) is 26.8. The molecule has 0 aromatic rings. The quantitative estimate of drug-likeness (QED) is 0.0974. The lowest BCUT2D eigenvalue weighted by atomic mass is 10.6. The molecule has 0 radical (unpaired) electrons. The van der Waals surface area contributed by atoms with Crippen LogP contribution in [0.5, 0.6) is 0 Å². The fourth-order valence-corrected chi connectivity index (χ4v) is 1.96. The molecule has 0 heterocycles. The van der Waals surface area contributed by atoms with Crippen LogP contribution in [0.25, 0.3) is 0 Å². The molecule has 11 heteroatoms. The van der Waals surface area contributed by atoms with Gasteiger partial charge in [0.2, 0.25) is 0 Å². The molecule has 190 valence electrons. The molecule has 0 atom stereocenters. The summed E-state index contributed by atoms with van der Waals surface area (Å²) in [5.74, 6) is -0.461. The van der Waals surface area contributed by atoms with Crippen LogP contribution < -0.4 is 0 Å². The molecule has 0 aromatic heterocycles. The molecule has 0 spiro atoms. The van der Waals surface area contributed by atoms with E-state index in [2.05, 4.69) is 6.58 Å². The summed E-state index contributed by atoms with van der Waals surface area (Å²) >= 11 is 0. The van der Waals surface area contributed by atoms with Gasteiger partial charge in [-0.05, 0) is 0 Å². The zero-order valence-electron chi connectivity index (χ0n) is 19.0. The third-order valence-corrected chi connectivity index (χ3v) is 3.46. The van der Waals surface area contributed by atoms with Gasteiger partial charge in [-0.15, -0.1) is 0 Å². The number of rotatable bonds is 27. The summed E-state index contributed by atoms with van der Waals surface area (Å²) in [5, 5.41) is 0. The zero-order chi connectivity index (χ0) is 23.4. The van der Waals surface area contributed by atoms with Crippen molar-refractivity contribution in [1.82, 2.24) is 0 Å². The second-order valence-corrected chi connectivity index (χ2v) is 5.96. The third kappa shape index (κ3) is 26.9. The first-order valence-corrected chi connectivity index (χ1v) is 10.8. The number of halogens is 1. The van der Waals surface area contributed by atoms with Gasteiger partial charge in [0.05, 0.1) is 106 Å². The van der Waals surface area contributed by atoms with Crippen molar-refractivity contribution >= 4 is 5.97 Å². The smallest absolute Gasteiger partial charge is 0.330 e. The fraction of sp³-hybridized carbons (Fsp3) is 0.857. The van der Waals surface area contributed by atoms with Gasteiger partial charge < -0.3 is 42.6 Å². The topological polar surface area (TPSA) is 100 Å². The van der Waals surface area contributed by atoms with Crippen LogP contribution in [0, 0.1) is 0 Å². The predicted octanol–water partition coefficient (Wildman–Crippen LogP) is 0.818. The van der Waals surface area contributed by atoms with E-state index < -0.39 is 12.6 Å². The Morgan fingerprint density at radius 1 is 0.500 bits per heavy atom. The zero-order valence-corrected chi connectivity index (χ0v) is 19.0. The number of alkyl halides is 1. The van der Waals surface area contributed by atoms with E-state index in [-0.39, 0.29) is 13.2 Å². The summed E-state index contributed by atoms with van der Waals surface area (Å²) in [7, 11) is 0. The first-order valence-electron chi connectivity index (χ1n) is 10.8. The van der Waals surface area contributed by atoms with Gasteiger partial charge in [-0.25, -0.2) is 9.18 Å². The molecule has 0 N–H and O–H groups in total. The van der Waals surface area contributed by atoms with E-state index in [9.17, 15) is 9.18 Å². The van der Waals surface area contributed by atoms with Crippen LogP contribution in [0.15, 0.2) is 12.7 Å². The van der Waals surface area contributed by atoms with Crippen molar-refractivity contribution in [2.45, 2.75) is 0 Å². The van der Waals surface area contributed by atoms with E-state index in [0.29, 0.717) is 99.1 Å². The fourth-order valence-electron chi connectivity index (χ4n) is 1.96. The Labute approximate surface area is 190 Å². The third-order valence-electron chi connectivity index (χ3n) is 3.46. The van der Waals surface area contributed by atoms with Crippen molar-refractivity contribution in [2.24, 2.45) is 0 Å².